The van der Waals surface area contributed by atoms with Gasteiger partial charge in [0.15, 0.2) is 0 Å². The number of hydrogen-bond donors (Lipinski definition) is 1. The van der Waals surface area contributed by atoms with Crippen LogP contribution in [0.1, 0.15) is 44.3 Å². The molecule has 3 unspecified atom stereocenters. The second kappa shape index (κ2) is 4.89. The van der Waals surface area contributed by atoms with E-state index in [0.717, 1.165) is 24.8 Å². The third-order valence-electron chi connectivity index (χ3n) is 3.89. The number of rotatable bonds is 2. The van der Waals surface area contributed by atoms with E-state index in [1.165, 1.54) is 6.42 Å². The van der Waals surface area contributed by atoms with Crippen molar-refractivity contribution in [2.75, 3.05) is 0 Å². The van der Waals surface area contributed by atoms with Gasteiger partial charge in [0.25, 0.3) is 0 Å². The average Bonchev–Trinajstić information content (AvgIpc) is 2.38. The van der Waals surface area contributed by atoms with Crippen LogP contribution in [0.4, 0.5) is 0 Å². The maximum absolute atomic E-state index is 10.5. The van der Waals surface area contributed by atoms with Crippen molar-refractivity contribution in [3.05, 3.63) is 35.9 Å². The number of benzene rings is 1. The first-order valence-electron chi connectivity index (χ1n) is 6.32. The van der Waals surface area contributed by atoms with Gasteiger partial charge in [0.05, 0.1) is 17.6 Å². The van der Waals surface area contributed by atoms with Gasteiger partial charge in [-0.3, -0.25) is 0 Å². The lowest BCUT2D eigenvalue weighted by Crippen LogP contribution is -2.32. The Balaban J connectivity index is 2.27. The summed E-state index contributed by atoms with van der Waals surface area (Å²) in [5.74, 6) is 0.529. The fraction of sp³-hybridized carbons (Fsp3) is 0.533. The van der Waals surface area contributed by atoms with Gasteiger partial charge >= 0.3 is 0 Å². The van der Waals surface area contributed by atoms with Crippen LogP contribution in [0.5, 0.6) is 0 Å². The summed E-state index contributed by atoms with van der Waals surface area (Å²) >= 11 is 0. The highest BCUT2D eigenvalue weighted by molar-refractivity contribution is 5.23. The van der Waals surface area contributed by atoms with Crippen LogP contribution in [-0.2, 0) is 0 Å². The Bertz CT molecular complexity index is 409. The molecule has 1 aromatic carbocycles. The zero-order valence-corrected chi connectivity index (χ0v) is 10.3. The van der Waals surface area contributed by atoms with E-state index in [4.69, 9.17) is 0 Å². The molecule has 3 atom stereocenters. The van der Waals surface area contributed by atoms with Crippen LogP contribution < -0.4 is 0 Å². The lowest BCUT2D eigenvalue weighted by Gasteiger charge is -2.38. The Labute approximate surface area is 103 Å². The Hall–Kier alpha value is -1.33. The van der Waals surface area contributed by atoms with E-state index < -0.39 is 11.5 Å². The second-order valence-corrected chi connectivity index (χ2v) is 5.28. The van der Waals surface area contributed by atoms with Gasteiger partial charge in [0, 0.05) is 0 Å². The van der Waals surface area contributed by atoms with E-state index in [9.17, 15) is 10.4 Å². The highest BCUT2D eigenvalue weighted by Gasteiger charge is 2.42. The average molecular weight is 229 g/mol. The molecule has 1 aliphatic carbocycles. The standard InChI is InChI=1S/C15H19NO/c1-12-6-5-9-15(10-12,11-16)14(17)13-7-3-2-4-8-13/h2-4,7-8,12,14,17H,5-6,9-10H2,1H3. The maximum atomic E-state index is 10.5. The zero-order chi connectivity index (χ0) is 12.3. The van der Waals surface area contributed by atoms with Crippen molar-refractivity contribution in [3.63, 3.8) is 0 Å². The summed E-state index contributed by atoms with van der Waals surface area (Å²) < 4.78 is 0. The summed E-state index contributed by atoms with van der Waals surface area (Å²) in [6.07, 6.45) is 3.17. The van der Waals surface area contributed by atoms with Crippen molar-refractivity contribution in [2.24, 2.45) is 11.3 Å². The minimum absolute atomic E-state index is 0.529. The molecule has 0 bridgehead atoms. The Morgan fingerprint density at radius 1 is 1.41 bits per heavy atom. The summed E-state index contributed by atoms with van der Waals surface area (Å²) in [7, 11) is 0. The largest absolute Gasteiger partial charge is 0.387 e. The van der Waals surface area contributed by atoms with E-state index in [2.05, 4.69) is 13.0 Å². The number of aliphatic hydroxyl groups is 1. The summed E-state index contributed by atoms with van der Waals surface area (Å²) in [4.78, 5) is 0. The highest BCUT2D eigenvalue weighted by atomic mass is 16.3. The monoisotopic (exact) mass is 229 g/mol. The van der Waals surface area contributed by atoms with Crippen molar-refractivity contribution in [1.29, 1.82) is 5.26 Å². The summed E-state index contributed by atoms with van der Waals surface area (Å²) in [5, 5.41) is 20.0. The van der Waals surface area contributed by atoms with Gasteiger partial charge in [0.1, 0.15) is 0 Å². The first-order valence-corrected chi connectivity index (χ1v) is 6.32. The van der Waals surface area contributed by atoms with Gasteiger partial charge in [-0.05, 0) is 24.3 Å². The lowest BCUT2D eigenvalue weighted by molar-refractivity contribution is 0.0219. The fourth-order valence-corrected chi connectivity index (χ4v) is 2.96. The lowest BCUT2D eigenvalue weighted by atomic mass is 9.66. The number of nitrogens with zero attached hydrogens (tertiary/aromatic N) is 1. The summed E-state index contributed by atoms with van der Waals surface area (Å²) in [6.45, 7) is 2.17. The number of aliphatic hydroxyl groups excluding tert-OH is 1. The number of hydrogen-bond acceptors (Lipinski definition) is 2. The van der Waals surface area contributed by atoms with E-state index in [1.54, 1.807) is 0 Å². The van der Waals surface area contributed by atoms with Crippen LogP contribution >= 0.6 is 0 Å². The molecule has 1 fully saturated rings. The third-order valence-corrected chi connectivity index (χ3v) is 3.89. The summed E-state index contributed by atoms with van der Waals surface area (Å²) in [6, 6.07) is 12.0. The van der Waals surface area contributed by atoms with Crippen LogP contribution in [0.25, 0.3) is 0 Å². The Kier molecular flexibility index (Phi) is 3.49. The van der Waals surface area contributed by atoms with Crippen molar-refractivity contribution < 1.29 is 5.11 Å². The highest BCUT2D eigenvalue weighted by Crippen LogP contribution is 2.47. The molecule has 0 saturated heterocycles. The van der Waals surface area contributed by atoms with Gasteiger partial charge < -0.3 is 5.11 Å². The number of nitriles is 1. The molecule has 1 saturated carbocycles. The molecule has 0 radical (unpaired) electrons. The zero-order valence-electron chi connectivity index (χ0n) is 10.3. The quantitative estimate of drug-likeness (QED) is 0.844. The summed E-state index contributed by atoms with van der Waals surface area (Å²) in [5.41, 5.74) is 0.280. The molecule has 1 N–H and O–H groups in total. The predicted molar refractivity (Wildman–Crippen MR) is 67.1 cm³/mol. The predicted octanol–water partition coefficient (Wildman–Crippen LogP) is 3.44. The SMILES string of the molecule is CC1CCCC(C#N)(C(O)c2ccccc2)C1. The van der Waals surface area contributed by atoms with Crippen molar-refractivity contribution in [2.45, 2.75) is 38.7 Å². The van der Waals surface area contributed by atoms with E-state index >= 15 is 0 Å². The minimum atomic E-state index is -0.656. The second-order valence-electron chi connectivity index (χ2n) is 5.28. The Morgan fingerprint density at radius 2 is 2.12 bits per heavy atom. The van der Waals surface area contributed by atoms with E-state index in [1.807, 2.05) is 30.3 Å². The fourth-order valence-electron chi connectivity index (χ4n) is 2.96. The van der Waals surface area contributed by atoms with Crippen molar-refractivity contribution in [1.82, 2.24) is 0 Å². The molecule has 1 aromatic rings. The molecule has 2 rings (SSSR count). The first-order chi connectivity index (χ1) is 8.18. The van der Waals surface area contributed by atoms with E-state index in [-0.39, 0.29) is 0 Å². The van der Waals surface area contributed by atoms with Gasteiger partial charge in [0.2, 0.25) is 0 Å². The van der Waals surface area contributed by atoms with Crippen LogP contribution in [0.3, 0.4) is 0 Å². The molecule has 0 spiro atoms. The van der Waals surface area contributed by atoms with Crippen LogP contribution in [0.2, 0.25) is 0 Å². The van der Waals surface area contributed by atoms with Crippen LogP contribution in [0, 0.1) is 22.7 Å². The van der Waals surface area contributed by atoms with Gasteiger partial charge in [-0.2, -0.15) is 5.26 Å². The maximum Gasteiger partial charge on any atom is 0.0976 e. The molecule has 1 aliphatic rings. The molecule has 0 heterocycles. The molecule has 0 amide bonds. The molecule has 90 valence electrons. The minimum Gasteiger partial charge on any atom is -0.387 e. The van der Waals surface area contributed by atoms with Crippen molar-refractivity contribution >= 4 is 0 Å². The Morgan fingerprint density at radius 3 is 2.71 bits per heavy atom. The molecular formula is C15H19NO. The first kappa shape index (κ1) is 12.1. The van der Waals surface area contributed by atoms with Gasteiger partial charge in [-0.1, -0.05) is 50.1 Å². The molecule has 0 aliphatic heterocycles. The molecule has 0 aromatic heterocycles. The van der Waals surface area contributed by atoms with E-state index in [0.29, 0.717) is 5.92 Å². The van der Waals surface area contributed by atoms with Crippen molar-refractivity contribution in [3.8, 4) is 6.07 Å². The van der Waals surface area contributed by atoms with Crippen LogP contribution in [-0.4, -0.2) is 5.11 Å². The molecule has 17 heavy (non-hydrogen) atoms. The van der Waals surface area contributed by atoms with Gasteiger partial charge in [-0.15, -0.1) is 0 Å². The van der Waals surface area contributed by atoms with Gasteiger partial charge in [-0.25, -0.2) is 0 Å². The van der Waals surface area contributed by atoms with Crippen LogP contribution in [0.15, 0.2) is 30.3 Å². The molecule has 2 nitrogen and oxygen atoms in total. The third kappa shape index (κ3) is 2.35. The molecular weight excluding hydrogens is 210 g/mol. The normalized spacial score (nSPS) is 30.5. The molecule has 2 heteroatoms. The smallest absolute Gasteiger partial charge is 0.0976 e. The topological polar surface area (TPSA) is 44.0 Å².